The van der Waals surface area contributed by atoms with Crippen molar-refractivity contribution in [3.63, 3.8) is 0 Å². The first-order valence-electron chi connectivity index (χ1n) is 6.23. The molecule has 5 heteroatoms. The molecule has 0 saturated carbocycles. The molecule has 0 amide bonds. The highest BCUT2D eigenvalue weighted by Gasteiger charge is 2.20. The lowest BCUT2D eigenvalue weighted by molar-refractivity contribution is 0.387. The molecule has 96 valence electrons. The SMILES string of the molecule is CC(CS(C)=O)n1cncc1C1CCCCN1. The van der Waals surface area contributed by atoms with Crippen molar-refractivity contribution in [3.8, 4) is 0 Å². The first-order valence-corrected chi connectivity index (χ1v) is 7.96. The van der Waals surface area contributed by atoms with Gasteiger partial charge in [0.1, 0.15) is 0 Å². The van der Waals surface area contributed by atoms with Crippen molar-refractivity contribution in [2.24, 2.45) is 0 Å². The van der Waals surface area contributed by atoms with Crippen molar-refractivity contribution in [1.29, 1.82) is 0 Å². The van der Waals surface area contributed by atoms with Crippen LogP contribution in [0.1, 0.15) is 44.0 Å². The van der Waals surface area contributed by atoms with Crippen LogP contribution < -0.4 is 5.32 Å². The zero-order valence-corrected chi connectivity index (χ0v) is 11.4. The minimum absolute atomic E-state index is 0.252. The number of nitrogens with zero attached hydrogens (tertiary/aromatic N) is 2. The van der Waals surface area contributed by atoms with Crippen LogP contribution in [-0.4, -0.2) is 32.3 Å². The molecule has 1 aliphatic rings. The van der Waals surface area contributed by atoms with Gasteiger partial charge >= 0.3 is 0 Å². The van der Waals surface area contributed by atoms with Crippen molar-refractivity contribution in [3.05, 3.63) is 18.2 Å². The molecule has 1 saturated heterocycles. The van der Waals surface area contributed by atoms with Crippen LogP contribution in [0.2, 0.25) is 0 Å². The highest BCUT2D eigenvalue weighted by molar-refractivity contribution is 7.84. The minimum atomic E-state index is -0.762. The Balaban J connectivity index is 2.12. The molecule has 0 bridgehead atoms. The molecule has 1 N–H and O–H groups in total. The molecular formula is C12H21N3OS. The van der Waals surface area contributed by atoms with E-state index < -0.39 is 10.8 Å². The maximum absolute atomic E-state index is 11.3. The van der Waals surface area contributed by atoms with E-state index in [1.165, 1.54) is 25.0 Å². The van der Waals surface area contributed by atoms with Gasteiger partial charge in [-0.2, -0.15) is 0 Å². The molecule has 4 nitrogen and oxygen atoms in total. The maximum Gasteiger partial charge on any atom is 0.0951 e. The van der Waals surface area contributed by atoms with E-state index in [4.69, 9.17) is 0 Å². The van der Waals surface area contributed by atoms with Gasteiger partial charge in [-0.05, 0) is 26.3 Å². The summed E-state index contributed by atoms with van der Waals surface area (Å²) >= 11 is 0. The second kappa shape index (κ2) is 5.78. The van der Waals surface area contributed by atoms with Gasteiger partial charge in [-0.25, -0.2) is 4.98 Å². The average molecular weight is 255 g/mol. The van der Waals surface area contributed by atoms with Crippen molar-refractivity contribution in [2.45, 2.75) is 38.3 Å². The smallest absolute Gasteiger partial charge is 0.0951 e. The highest BCUT2D eigenvalue weighted by Crippen LogP contribution is 2.24. The average Bonchev–Trinajstić information content (AvgIpc) is 2.78. The molecule has 3 atom stereocenters. The van der Waals surface area contributed by atoms with Crippen LogP contribution in [0.15, 0.2) is 12.5 Å². The molecule has 0 aliphatic carbocycles. The third-order valence-electron chi connectivity index (χ3n) is 3.31. The lowest BCUT2D eigenvalue weighted by Crippen LogP contribution is -2.29. The van der Waals surface area contributed by atoms with Gasteiger partial charge in [-0.15, -0.1) is 0 Å². The van der Waals surface area contributed by atoms with E-state index in [2.05, 4.69) is 21.8 Å². The molecule has 2 rings (SSSR count). The van der Waals surface area contributed by atoms with Gasteiger partial charge in [-0.3, -0.25) is 4.21 Å². The van der Waals surface area contributed by atoms with Crippen LogP contribution in [0.4, 0.5) is 0 Å². The van der Waals surface area contributed by atoms with Gasteiger partial charge in [0, 0.05) is 41.1 Å². The quantitative estimate of drug-likeness (QED) is 0.889. The third kappa shape index (κ3) is 3.16. The van der Waals surface area contributed by atoms with Crippen LogP contribution in [0.3, 0.4) is 0 Å². The zero-order valence-electron chi connectivity index (χ0n) is 10.6. The van der Waals surface area contributed by atoms with Crippen LogP contribution >= 0.6 is 0 Å². The first kappa shape index (κ1) is 12.8. The normalized spacial score (nSPS) is 24.5. The Labute approximate surface area is 105 Å². The Hall–Kier alpha value is -0.680. The van der Waals surface area contributed by atoms with E-state index in [-0.39, 0.29) is 6.04 Å². The Morgan fingerprint density at radius 2 is 2.47 bits per heavy atom. The first-order chi connectivity index (χ1) is 8.18. The number of rotatable bonds is 4. The van der Waals surface area contributed by atoms with E-state index in [1.54, 1.807) is 6.26 Å². The van der Waals surface area contributed by atoms with Crippen LogP contribution in [-0.2, 0) is 10.8 Å². The molecule has 0 aromatic carbocycles. The summed E-state index contributed by atoms with van der Waals surface area (Å²) in [6, 6.07) is 0.668. The summed E-state index contributed by atoms with van der Waals surface area (Å²) in [5, 5.41) is 3.53. The summed E-state index contributed by atoms with van der Waals surface area (Å²) in [5.41, 5.74) is 1.24. The Kier molecular flexibility index (Phi) is 4.34. The summed E-state index contributed by atoms with van der Waals surface area (Å²) in [6.45, 7) is 3.19. The van der Waals surface area contributed by atoms with E-state index in [1.807, 2.05) is 12.5 Å². The summed E-state index contributed by atoms with van der Waals surface area (Å²) in [4.78, 5) is 4.25. The summed E-state index contributed by atoms with van der Waals surface area (Å²) in [6.07, 6.45) is 9.27. The molecule has 0 spiro atoms. The number of hydrogen-bond acceptors (Lipinski definition) is 3. The minimum Gasteiger partial charge on any atom is -0.329 e. The van der Waals surface area contributed by atoms with Gasteiger partial charge in [0.25, 0.3) is 0 Å². The predicted octanol–water partition coefficient (Wildman–Crippen LogP) is 1.64. The van der Waals surface area contributed by atoms with E-state index in [0.717, 1.165) is 6.54 Å². The van der Waals surface area contributed by atoms with Crippen LogP contribution in [0.25, 0.3) is 0 Å². The number of aromatic nitrogens is 2. The van der Waals surface area contributed by atoms with Gasteiger partial charge in [-0.1, -0.05) is 6.42 Å². The van der Waals surface area contributed by atoms with Crippen LogP contribution in [0, 0.1) is 0 Å². The zero-order chi connectivity index (χ0) is 12.3. The molecule has 0 radical (unpaired) electrons. The van der Waals surface area contributed by atoms with Gasteiger partial charge in [0.2, 0.25) is 0 Å². The number of piperidine rings is 1. The van der Waals surface area contributed by atoms with Crippen LogP contribution in [0.5, 0.6) is 0 Å². The van der Waals surface area contributed by atoms with E-state index >= 15 is 0 Å². The van der Waals surface area contributed by atoms with Crippen molar-refractivity contribution in [2.75, 3.05) is 18.6 Å². The van der Waals surface area contributed by atoms with Gasteiger partial charge in [0.05, 0.1) is 12.0 Å². The van der Waals surface area contributed by atoms with Crippen molar-refractivity contribution < 1.29 is 4.21 Å². The van der Waals surface area contributed by atoms with E-state index in [0.29, 0.717) is 11.8 Å². The summed E-state index contributed by atoms with van der Waals surface area (Å²) in [5.74, 6) is 0.691. The lowest BCUT2D eigenvalue weighted by Gasteiger charge is -2.26. The molecule has 1 aliphatic heterocycles. The molecule has 17 heavy (non-hydrogen) atoms. The highest BCUT2D eigenvalue weighted by atomic mass is 32.2. The fourth-order valence-electron chi connectivity index (χ4n) is 2.48. The fraction of sp³-hybridized carbons (Fsp3) is 0.750. The third-order valence-corrected chi connectivity index (χ3v) is 4.27. The molecule has 1 aromatic heterocycles. The largest absolute Gasteiger partial charge is 0.329 e. The van der Waals surface area contributed by atoms with Crippen molar-refractivity contribution >= 4 is 10.8 Å². The molecule has 2 heterocycles. The predicted molar refractivity (Wildman–Crippen MR) is 70.5 cm³/mol. The maximum atomic E-state index is 11.3. The summed E-state index contributed by atoms with van der Waals surface area (Å²) < 4.78 is 13.5. The molecule has 3 unspecified atom stereocenters. The second-order valence-corrected chi connectivity index (χ2v) is 6.30. The number of imidazole rings is 1. The second-order valence-electron chi connectivity index (χ2n) is 4.82. The number of hydrogen-bond donors (Lipinski definition) is 1. The fourth-order valence-corrected chi connectivity index (χ4v) is 3.32. The lowest BCUT2D eigenvalue weighted by atomic mass is 10.0. The number of nitrogens with one attached hydrogen (secondary N) is 1. The molecule has 1 aromatic rings. The van der Waals surface area contributed by atoms with E-state index in [9.17, 15) is 4.21 Å². The van der Waals surface area contributed by atoms with Gasteiger partial charge in [0.15, 0.2) is 0 Å². The summed E-state index contributed by atoms with van der Waals surface area (Å²) in [7, 11) is -0.762. The van der Waals surface area contributed by atoms with Crippen molar-refractivity contribution in [1.82, 2.24) is 14.9 Å². The standard InChI is InChI=1S/C12H21N3OS/c1-10(8-17(2)16)15-9-13-7-12(15)11-5-3-4-6-14-11/h7,9-11,14H,3-6,8H2,1-2H3. The topological polar surface area (TPSA) is 46.9 Å². The van der Waals surface area contributed by atoms with Gasteiger partial charge < -0.3 is 9.88 Å². The Morgan fingerprint density at radius 1 is 1.65 bits per heavy atom. The Morgan fingerprint density at radius 3 is 3.12 bits per heavy atom. The molecule has 1 fully saturated rings. The Bertz CT molecular complexity index is 385. The monoisotopic (exact) mass is 255 g/mol. The molecular weight excluding hydrogens is 234 g/mol.